The van der Waals surface area contributed by atoms with Gasteiger partial charge in [0.25, 0.3) is 0 Å². The topological polar surface area (TPSA) is 50.8 Å². The molecule has 1 fully saturated rings. The third-order valence-corrected chi connectivity index (χ3v) is 3.20. The number of guanidine groups is 1. The van der Waals surface area contributed by atoms with Crippen LogP contribution in [0.3, 0.4) is 0 Å². The maximum absolute atomic E-state index is 6.08. The van der Waals surface area contributed by atoms with Crippen LogP contribution in [0.4, 0.5) is 5.69 Å². The second kappa shape index (κ2) is 5.40. The Hall–Kier alpha value is -1.55. The highest BCUT2D eigenvalue weighted by Crippen LogP contribution is 2.25. The predicted octanol–water partition coefficient (Wildman–Crippen LogP) is 1.89. The summed E-state index contributed by atoms with van der Waals surface area (Å²) in [4.78, 5) is 6.66. The quantitative estimate of drug-likeness (QED) is 0.609. The number of morpholine rings is 1. The highest BCUT2D eigenvalue weighted by molar-refractivity contribution is 5.82. The van der Waals surface area contributed by atoms with Crippen LogP contribution in [0.5, 0.6) is 0 Å². The molecule has 0 spiro atoms. The van der Waals surface area contributed by atoms with Crippen molar-refractivity contribution in [2.24, 2.45) is 10.7 Å². The van der Waals surface area contributed by atoms with Crippen LogP contribution in [0.2, 0.25) is 0 Å². The summed E-state index contributed by atoms with van der Waals surface area (Å²) >= 11 is 0. The highest BCUT2D eigenvalue weighted by Gasteiger charge is 2.13. The maximum atomic E-state index is 6.08. The number of aryl methyl sites for hydroxylation is 3. The van der Waals surface area contributed by atoms with Crippen molar-refractivity contribution >= 4 is 11.6 Å². The third kappa shape index (κ3) is 2.82. The van der Waals surface area contributed by atoms with Crippen molar-refractivity contribution in [3.05, 3.63) is 28.8 Å². The monoisotopic (exact) mass is 247 g/mol. The van der Waals surface area contributed by atoms with Crippen molar-refractivity contribution in [2.45, 2.75) is 20.8 Å². The maximum Gasteiger partial charge on any atom is 0.196 e. The van der Waals surface area contributed by atoms with Gasteiger partial charge in [-0.15, -0.1) is 0 Å². The molecule has 0 radical (unpaired) electrons. The van der Waals surface area contributed by atoms with Gasteiger partial charge >= 0.3 is 0 Å². The molecule has 0 atom stereocenters. The molecule has 0 unspecified atom stereocenters. The Balaban J connectivity index is 2.26. The summed E-state index contributed by atoms with van der Waals surface area (Å²) in [5, 5.41) is 0. The van der Waals surface area contributed by atoms with E-state index < -0.39 is 0 Å². The molecule has 2 rings (SSSR count). The van der Waals surface area contributed by atoms with Gasteiger partial charge in [0, 0.05) is 13.1 Å². The number of aliphatic imine (C=N–C) groups is 1. The molecule has 0 aliphatic carbocycles. The van der Waals surface area contributed by atoms with E-state index in [4.69, 9.17) is 10.5 Å². The number of rotatable bonds is 1. The molecule has 18 heavy (non-hydrogen) atoms. The SMILES string of the molecule is Cc1cc(C)c(N=C(N)N2CCOCC2)c(C)c1. The Bertz CT molecular complexity index is 439. The van der Waals surface area contributed by atoms with E-state index >= 15 is 0 Å². The largest absolute Gasteiger partial charge is 0.378 e. The number of nitrogens with two attached hydrogens (primary N) is 1. The van der Waals surface area contributed by atoms with Gasteiger partial charge in [-0.3, -0.25) is 0 Å². The molecule has 1 aliphatic rings. The van der Waals surface area contributed by atoms with Gasteiger partial charge in [0.1, 0.15) is 0 Å². The zero-order valence-electron chi connectivity index (χ0n) is 11.4. The van der Waals surface area contributed by atoms with E-state index in [0.29, 0.717) is 5.96 Å². The molecule has 0 aromatic heterocycles. The lowest BCUT2D eigenvalue weighted by Crippen LogP contribution is -2.44. The van der Waals surface area contributed by atoms with Crippen LogP contribution >= 0.6 is 0 Å². The molecule has 98 valence electrons. The number of hydrogen-bond donors (Lipinski definition) is 1. The molecule has 1 saturated heterocycles. The van der Waals surface area contributed by atoms with Crippen molar-refractivity contribution in [2.75, 3.05) is 26.3 Å². The summed E-state index contributed by atoms with van der Waals surface area (Å²) in [6.45, 7) is 9.33. The van der Waals surface area contributed by atoms with Crippen molar-refractivity contribution in [1.82, 2.24) is 4.90 Å². The van der Waals surface area contributed by atoms with Gasteiger partial charge in [-0.1, -0.05) is 17.7 Å². The van der Waals surface area contributed by atoms with Crippen LogP contribution in [0.15, 0.2) is 17.1 Å². The fourth-order valence-corrected chi connectivity index (χ4v) is 2.33. The first-order valence-electron chi connectivity index (χ1n) is 6.32. The lowest BCUT2D eigenvalue weighted by molar-refractivity contribution is 0.0675. The first-order chi connectivity index (χ1) is 8.58. The van der Waals surface area contributed by atoms with Crippen molar-refractivity contribution in [3.8, 4) is 0 Å². The van der Waals surface area contributed by atoms with Gasteiger partial charge < -0.3 is 15.4 Å². The van der Waals surface area contributed by atoms with Crippen LogP contribution in [0, 0.1) is 20.8 Å². The summed E-state index contributed by atoms with van der Waals surface area (Å²) in [5.41, 5.74) is 10.7. The van der Waals surface area contributed by atoms with Gasteiger partial charge in [-0.05, 0) is 31.9 Å². The summed E-state index contributed by atoms with van der Waals surface area (Å²) in [6.07, 6.45) is 0. The second-order valence-corrected chi connectivity index (χ2v) is 4.82. The van der Waals surface area contributed by atoms with E-state index in [1.807, 2.05) is 0 Å². The van der Waals surface area contributed by atoms with E-state index in [0.717, 1.165) is 32.0 Å². The van der Waals surface area contributed by atoms with E-state index in [1.165, 1.54) is 16.7 Å². The molecule has 0 saturated carbocycles. The van der Waals surface area contributed by atoms with Crippen molar-refractivity contribution in [3.63, 3.8) is 0 Å². The average Bonchev–Trinajstić information content (AvgIpc) is 2.34. The molecule has 4 nitrogen and oxygen atoms in total. The molecule has 4 heteroatoms. The normalized spacial score (nSPS) is 17.1. The predicted molar refractivity (Wildman–Crippen MR) is 74.3 cm³/mol. The smallest absolute Gasteiger partial charge is 0.196 e. The zero-order valence-corrected chi connectivity index (χ0v) is 11.4. The average molecular weight is 247 g/mol. The summed E-state index contributed by atoms with van der Waals surface area (Å²) in [7, 11) is 0. The first-order valence-corrected chi connectivity index (χ1v) is 6.32. The molecule has 2 N–H and O–H groups in total. The van der Waals surface area contributed by atoms with Crippen LogP contribution in [0.1, 0.15) is 16.7 Å². The van der Waals surface area contributed by atoms with Gasteiger partial charge in [0.05, 0.1) is 18.9 Å². The van der Waals surface area contributed by atoms with Gasteiger partial charge in [0.2, 0.25) is 0 Å². The molecule has 1 aliphatic heterocycles. The number of benzene rings is 1. The lowest BCUT2D eigenvalue weighted by Gasteiger charge is -2.27. The minimum atomic E-state index is 0.591. The molecule has 0 amide bonds. The fourth-order valence-electron chi connectivity index (χ4n) is 2.33. The Morgan fingerprint density at radius 3 is 2.28 bits per heavy atom. The minimum Gasteiger partial charge on any atom is -0.378 e. The van der Waals surface area contributed by atoms with Crippen LogP contribution < -0.4 is 5.73 Å². The molecule has 0 bridgehead atoms. The van der Waals surface area contributed by atoms with Crippen LogP contribution in [-0.2, 0) is 4.74 Å². The molecular formula is C14H21N3O. The summed E-state index contributed by atoms with van der Waals surface area (Å²) in [6, 6.07) is 4.27. The Kier molecular flexibility index (Phi) is 3.87. The second-order valence-electron chi connectivity index (χ2n) is 4.82. The molecule has 1 aromatic carbocycles. The number of hydrogen-bond acceptors (Lipinski definition) is 2. The highest BCUT2D eigenvalue weighted by atomic mass is 16.5. The van der Waals surface area contributed by atoms with Crippen LogP contribution in [-0.4, -0.2) is 37.2 Å². The summed E-state index contributed by atoms with van der Waals surface area (Å²) in [5.74, 6) is 0.591. The van der Waals surface area contributed by atoms with E-state index in [9.17, 15) is 0 Å². The first kappa shape index (κ1) is 12.9. The number of ether oxygens (including phenoxy) is 1. The van der Waals surface area contributed by atoms with Crippen molar-refractivity contribution < 1.29 is 4.74 Å². The Morgan fingerprint density at radius 1 is 1.17 bits per heavy atom. The molecule has 1 aromatic rings. The lowest BCUT2D eigenvalue weighted by atomic mass is 10.1. The standard InChI is InChI=1S/C14H21N3O/c1-10-8-11(2)13(12(3)9-10)16-14(15)17-4-6-18-7-5-17/h8-9H,4-7H2,1-3H3,(H2,15,16). The van der Waals surface area contributed by atoms with Crippen LogP contribution in [0.25, 0.3) is 0 Å². The van der Waals surface area contributed by atoms with Crippen molar-refractivity contribution in [1.29, 1.82) is 0 Å². The van der Waals surface area contributed by atoms with Gasteiger partial charge in [-0.25, -0.2) is 4.99 Å². The van der Waals surface area contributed by atoms with Gasteiger partial charge in [0.15, 0.2) is 5.96 Å². The molecule has 1 heterocycles. The fraction of sp³-hybridized carbons (Fsp3) is 0.500. The van der Waals surface area contributed by atoms with Gasteiger partial charge in [-0.2, -0.15) is 0 Å². The van der Waals surface area contributed by atoms with E-state index in [1.54, 1.807) is 0 Å². The number of nitrogens with zero attached hydrogens (tertiary/aromatic N) is 2. The Labute approximate surface area is 108 Å². The zero-order chi connectivity index (χ0) is 13.1. The third-order valence-electron chi connectivity index (χ3n) is 3.20. The van der Waals surface area contributed by atoms with E-state index in [2.05, 4.69) is 42.8 Å². The Morgan fingerprint density at radius 2 is 1.72 bits per heavy atom. The molecular weight excluding hydrogens is 226 g/mol. The van der Waals surface area contributed by atoms with E-state index in [-0.39, 0.29) is 0 Å². The summed E-state index contributed by atoms with van der Waals surface area (Å²) < 4.78 is 5.31. The minimum absolute atomic E-state index is 0.591.